The van der Waals surface area contributed by atoms with Crippen LogP contribution in [0.3, 0.4) is 0 Å². The minimum Gasteiger partial charge on any atom is -0.348 e. The number of rotatable bonds is 7. The van der Waals surface area contributed by atoms with Crippen LogP contribution < -0.4 is 5.32 Å². The van der Waals surface area contributed by atoms with Crippen LogP contribution in [0.1, 0.15) is 46.3 Å². The van der Waals surface area contributed by atoms with E-state index in [1.54, 1.807) is 30.1 Å². The van der Waals surface area contributed by atoms with Crippen molar-refractivity contribution < 1.29 is 13.2 Å². The second-order valence-corrected chi connectivity index (χ2v) is 9.94. The summed E-state index contributed by atoms with van der Waals surface area (Å²) < 4.78 is 29.5. The van der Waals surface area contributed by atoms with E-state index in [4.69, 9.17) is 0 Å². The van der Waals surface area contributed by atoms with Crippen molar-refractivity contribution in [3.63, 3.8) is 0 Å². The number of hydrogen-bond acceptors (Lipinski definition) is 5. The molecule has 1 N–H and O–H groups in total. The Morgan fingerprint density at radius 2 is 1.75 bits per heavy atom. The normalized spacial score (nSPS) is 14.9. The highest BCUT2D eigenvalue weighted by Gasteiger charge is 2.28. The average molecular weight is 454 g/mol. The number of piperidine rings is 1. The van der Waals surface area contributed by atoms with E-state index in [1.165, 1.54) is 16.7 Å². The molecule has 0 bridgehead atoms. The Labute approximate surface area is 188 Å². The fraction of sp³-hybridized carbons (Fsp3) is 0.348. The van der Waals surface area contributed by atoms with Crippen molar-refractivity contribution in [2.24, 2.45) is 0 Å². The van der Waals surface area contributed by atoms with Crippen LogP contribution in [0.2, 0.25) is 0 Å². The lowest BCUT2D eigenvalue weighted by molar-refractivity contribution is 0.0950. The quantitative estimate of drug-likeness (QED) is 0.593. The molecule has 0 unspecified atom stereocenters. The largest absolute Gasteiger partial charge is 0.348 e. The van der Waals surface area contributed by atoms with Gasteiger partial charge in [-0.3, -0.25) is 4.79 Å². The molecule has 32 heavy (non-hydrogen) atoms. The average Bonchev–Trinajstić information content (AvgIpc) is 3.32. The molecule has 1 amide bonds. The van der Waals surface area contributed by atoms with E-state index in [2.05, 4.69) is 15.4 Å². The highest BCUT2D eigenvalue weighted by molar-refractivity contribution is 7.89. The third-order valence-electron chi connectivity index (χ3n) is 5.67. The van der Waals surface area contributed by atoms with Crippen LogP contribution in [0.25, 0.3) is 0 Å². The second kappa shape index (κ2) is 9.62. The summed E-state index contributed by atoms with van der Waals surface area (Å²) in [6.07, 6.45) is 5.95. The molecule has 168 valence electrons. The summed E-state index contributed by atoms with van der Waals surface area (Å²) in [7, 11) is -3.60. The molecule has 2 heterocycles. The van der Waals surface area contributed by atoms with Gasteiger partial charge in [0.2, 0.25) is 10.0 Å². The first-order chi connectivity index (χ1) is 15.4. The minimum atomic E-state index is -3.60. The molecule has 1 aliphatic rings. The molecule has 2 aromatic carbocycles. The van der Waals surface area contributed by atoms with Crippen LogP contribution in [0.5, 0.6) is 0 Å². The van der Waals surface area contributed by atoms with Crippen molar-refractivity contribution in [1.82, 2.24) is 24.4 Å². The van der Waals surface area contributed by atoms with Gasteiger partial charge < -0.3 is 5.32 Å². The standard InChI is InChI=1S/C23H27N5O3S/c1-18-5-10-21(13-22(18)32(30,31)28-11-3-2-4-12-28)23(29)25-14-19-6-8-20(9-7-19)15-27-17-24-16-26-27/h5-10,13,16-17H,2-4,11-12,14-15H2,1H3,(H,25,29). The molecule has 9 heteroatoms. The van der Waals surface area contributed by atoms with Gasteiger partial charge in [0.05, 0.1) is 11.4 Å². The van der Waals surface area contributed by atoms with Gasteiger partial charge in [-0.2, -0.15) is 9.40 Å². The minimum absolute atomic E-state index is 0.213. The summed E-state index contributed by atoms with van der Waals surface area (Å²) in [4.78, 5) is 16.9. The number of amides is 1. The molecule has 3 aromatic rings. The Hall–Kier alpha value is -3.04. The van der Waals surface area contributed by atoms with E-state index >= 15 is 0 Å². The molecular formula is C23H27N5O3S. The van der Waals surface area contributed by atoms with E-state index < -0.39 is 10.0 Å². The fourth-order valence-electron chi connectivity index (χ4n) is 3.81. The molecule has 1 fully saturated rings. The maximum Gasteiger partial charge on any atom is 0.251 e. The molecule has 0 spiro atoms. The fourth-order valence-corrected chi connectivity index (χ4v) is 5.58. The Balaban J connectivity index is 1.42. The van der Waals surface area contributed by atoms with E-state index in [-0.39, 0.29) is 10.8 Å². The van der Waals surface area contributed by atoms with Crippen molar-refractivity contribution in [3.8, 4) is 0 Å². The number of aryl methyl sites for hydroxylation is 1. The predicted octanol–water partition coefficient (Wildman–Crippen LogP) is 2.74. The Morgan fingerprint density at radius 3 is 2.44 bits per heavy atom. The van der Waals surface area contributed by atoms with Crippen LogP contribution in [-0.4, -0.2) is 46.5 Å². The van der Waals surface area contributed by atoms with Crippen LogP contribution in [0.4, 0.5) is 0 Å². The number of nitrogens with zero attached hydrogens (tertiary/aromatic N) is 4. The van der Waals surface area contributed by atoms with Gasteiger partial charge in [-0.1, -0.05) is 36.8 Å². The van der Waals surface area contributed by atoms with E-state index in [0.29, 0.717) is 37.3 Å². The third kappa shape index (κ3) is 5.05. The van der Waals surface area contributed by atoms with Crippen LogP contribution in [0.15, 0.2) is 60.0 Å². The van der Waals surface area contributed by atoms with Gasteiger partial charge in [0, 0.05) is 25.2 Å². The van der Waals surface area contributed by atoms with Crippen LogP contribution in [-0.2, 0) is 23.1 Å². The lowest BCUT2D eigenvalue weighted by atomic mass is 10.1. The highest BCUT2D eigenvalue weighted by Crippen LogP contribution is 2.24. The molecule has 1 saturated heterocycles. The Kier molecular flexibility index (Phi) is 6.66. The molecule has 1 aliphatic heterocycles. The summed E-state index contributed by atoms with van der Waals surface area (Å²) in [5.41, 5.74) is 3.02. The second-order valence-electron chi connectivity index (χ2n) is 8.04. The topological polar surface area (TPSA) is 97.2 Å². The van der Waals surface area contributed by atoms with E-state index in [9.17, 15) is 13.2 Å². The summed E-state index contributed by atoms with van der Waals surface area (Å²) in [5, 5.41) is 6.97. The van der Waals surface area contributed by atoms with Gasteiger partial charge in [0.25, 0.3) is 5.91 Å². The van der Waals surface area contributed by atoms with Crippen molar-refractivity contribution in [1.29, 1.82) is 0 Å². The Bertz CT molecular complexity index is 1170. The predicted molar refractivity (Wildman–Crippen MR) is 121 cm³/mol. The molecule has 0 saturated carbocycles. The highest BCUT2D eigenvalue weighted by atomic mass is 32.2. The van der Waals surface area contributed by atoms with Gasteiger partial charge in [-0.05, 0) is 48.6 Å². The zero-order valence-electron chi connectivity index (χ0n) is 18.1. The lowest BCUT2D eigenvalue weighted by Gasteiger charge is -2.26. The summed E-state index contributed by atoms with van der Waals surface area (Å²) >= 11 is 0. The molecule has 4 rings (SSSR count). The van der Waals surface area contributed by atoms with Crippen LogP contribution in [0, 0.1) is 6.92 Å². The maximum absolute atomic E-state index is 13.1. The molecule has 0 radical (unpaired) electrons. The molecule has 1 aromatic heterocycles. The molecule has 8 nitrogen and oxygen atoms in total. The first-order valence-corrected chi connectivity index (χ1v) is 12.2. The van der Waals surface area contributed by atoms with Crippen molar-refractivity contribution >= 4 is 15.9 Å². The zero-order chi connectivity index (χ0) is 22.6. The lowest BCUT2D eigenvalue weighted by Crippen LogP contribution is -2.36. The number of carbonyl (C=O) groups excluding carboxylic acids is 1. The third-order valence-corrected chi connectivity index (χ3v) is 7.71. The number of benzene rings is 2. The number of hydrogen-bond donors (Lipinski definition) is 1. The molecule has 0 aliphatic carbocycles. The van der Waals surface area contributed by atoms with Gasteiger partial charge in [-0.15, -0.1) is 0 Å². The first-order valence-electron chi connectivity index (χ1n) is 10.7. The van der Waals surface area contributed by atoms with Crippen molar-refractivity contribution in [2.75, 3.05) is 13.1 Å². The number of sulfonamides is 1. The number of nitrogens with one attached hydrogen (secondary N) is 1. The summed E-state index contributed by atoms with van der Waals surface area (Å²) in [6, 6.07) is 12.7. The van der Waals surface area contributed by atoms with E-state index in [1.807, 2.05) is 24.3 Å². The Morgan fingerprint density at radius 1 is 1.03 bits per heavy atom. The smallest absolute Gasteiger partial charge is 0.251 e. The maximum atomic E-state index is 13.1. The molecule has 0 atom stereocenters. The first kappa shape index (κ1) is 22.2. The van der Waals surface area contributed by atoms with Gasteiger partial charge in [-0.25, -0.2) is 18.1 Å². The van der Waals surface area contributed by atoms with Crippen LogP contribution >= 0.6 is 0 Å². The number of aromatic nitrogens is 3. The number of carbonyl (C=O) groups is 1. The monoisotopic (exact) mass is 453 g/mol. The summed E-state index contributed by atoms with van der Waals surface area (Å²) in [5.74, 6) is -0.299. The SMILES string of the molecule is Cc1ccc(C(=O)NCc2ccc(Cn3cncn3)cc2)cc1S(=O)(=O)N1CCCCC1. The summed E-state index contributed by atoms with van der Waals surface area (Å²) in [6.45, 7) is 3.81. The van der Waals surface area contributed by atoms with Gasteiger partial charge in [0.1, 0.15) is 12.7 Å². The molecular weight excluding hydrogens is 426 g/mol. The van der Waals surface area contributed by atoms with E-state index in [0.717, 1.165) is 30.4 Å². The van der Waals surface area contributed by atoms with Gasteiger partial charge in [0.15, 0.2) is 0 Å². The van der Waals surface area contributed by atoms with Gasteiger partial charge >= 0.3 is 0 Å². The van der Waals surface area contributed by atoms with Crippen molar-refractivity contribution in [2.45, 2.75) is 44.2 Å². The van der Waals surface area contributed by atoms with Crippen molar-refractivity contribution in [3.05, 3.63) is 77.4 Å². The zero-order valence-corrected chi connectivity index (χ0v) is 18.9.